The molecule has 0 spiro atoms. The zero-order valence-electron chi connectivity index (χ0n) is 19.4. The summed E-state index contributed by atoms with van der Waals surface area (Å²) >= 11 is 0. The summed E-state index contributed by atoms with van der Waals surface area (Å²) in [5, 5.41) is 12.2. The highest BCUT2D eigenvalue weighted by molar-refractivity contribution is 5.99. The van der Waals surface area contributed by atoms with E-state index < -0.39 is 35.8 Å². The molecule has 1 aliphatic carbocycles. The Balaban J connectivity index is 1.65. The maximum atomic E-state index is 13.7. The Morgan fingerprint density at radius 3 is 2.37 bits per heavy atom. The van der Waals surface area contributed by atoms with Gasteiger partial charge in [-0.05, 0) is 56.0 Å². The summed E-state index contributed by atoms with van der Waals surface area (Å²) in [5.41, 5.74) is 1.72. The third-order valence-corrected chi connectivity index (χ3v) is 6.32. The van der Waals surface area contributed by atoms with E-state index in [0.29, 0.717) is 18.5 Å². The van der Waals surface area contributed by atoms with Gasteiger partial charge in [0.25, 0.3) is 11.8 Å². The highest BCUT2D eigenvalue weighted by Crippen LogP contribution is 2.33. The Hall–Kier alpha value is -3.75. The fourth-order valence-electron chi connectivity index (χ4n) is 4.43. The summed E-state index contributed by atoms with van der Waals surface area (Å²) < 4.78 is 13.4. The first-order valence-corrected chi connectivity index (χ1v) is 11.7. The van der Waals surface area contributed by atoms with Gasteiger partial charge < -0.3 is 20.2 Å². The van der Waals surface area contributed by atoms with Gasteiger partial charge in [-0.1, -0.05) is 29.8 Å². The van der Waals surface area contributed by atoms with Crippen LogP contribution in [0.15, 0.2) is 48.5 Å². The van der Waals surface area contributed by atoms with Gasteiger partial charge in [-0.15, -0.1) is 0 Å². The van der Waals surface area contributed by atoms with E-state index in [-0.39, 0.29) is 30.4 Å². The number of rotatable bonds is 7. The molecule has 1 saturated carbocycles. The molecule has 2 fully saturated rings. The van der Waals surface area contributed by atoms with Crippen molar-refractivity contribution in [1.82, 2.24) is 15.1 Å². The SMILES string of the molecule is Cc1cccc(C(CC(=O)O)NC(=O)C2N(C(=O)c3ccc(F)cc3)CCCN2C(=O)C2CC2)c1. The number of carboxylic acids is 1. The molecule has 2 atom stereocenters. The van der Waals surface area contributed by atoms with Crippen molar-refractivity contribution in [2.45, 2.75) is 44.8 Å². The molecule has 2 aromatic rings. The van der Waals surface area contributed by atoms with E-state index in [1.807, 2.05) is 13.0 Å². The maximum absolute atomic E-state index is 13.7. The largest absolute Gasteiger partial charge is 0.481 e. The number of nitrogens with one attached hydrogen (secondary N) is 1. The second-order valence-corrected chi connectivity index (χ2v) is 9.11. The summed E-state index contributed by atoms with van der Waals surface area (Å²) in [7, 11) is 0. The standard InChI is InChI=1S/C26H28FN3O5/c1-16-4-2-5-19(14-16)21(15-22(31)32)28-23(33)24-29(25(34)17-6-7-17)12-3-13-30(24)26(35)18-8-10-20(27)11-9-18/h2,4-5,8-11,14,17,21,24H,3,6-7,12-13,15H2,1H3,(H,28,33)(H,31,32). The number of hydrogen-bond donors (Lipinski definition) is 2. The second-order valence-electron chi connectivity index (χ2n) is 9.11. The number of aliphatic carboxylic acids is 1. The van der Waals surface area contributed by atoms with Gasteiger partial charge in [-0.3, -0.25) is 19.2 Å². The monoisotopic (exact) mass is 481 g/mol. The highest BCUT2D eigenvalue weighted by atomic mass is 19.1. The number of amides is 3. The predicted molar refractivity (Wildman–Crippen MR) is 125 cm³/mol. The number of hydrogen-bond acceptors (Lipinski definition) is 4. The molecule has 9 heteroatoms. The van der Waals surface area contributed by atoms with Crippen LogP contribution in [-0.2, 0) is 14.4 Å². The van der Waals surface area contributed by atoms with E-state index in [1.54, 1.807) is 18.2 Å². The normalized spacial score (nSPS) is 18.6. The van der Waals surface area contributed by atoms with Crippen molar-refractivity contribution in [3.8, 4) is 0 Å². The Labute approximate surface area is 202 Å². The summed E-state index contributed by atoms with van der Waals surface area (Å²) in [5.74, 6) is -3.06. The lowest BCUT2D eigenvalue weighted by atomic mass is 10.0. The molecule has 1 aliphatic heterocycles. The van der Waals surface area contributed by atoms with Crippen LogP contribution in [0.25, 0.3) is 0 Å². The number of carbonyl (C=O) groups is 4. The third-order valence-electron chi connectivity index (χ3n) is 6.32. The van der Waals surface area contributed by atoms with Crippen LogP contribution in [0, 0.1) is 18.7 Å². The van der Waals surface area contributed by atoms with Crippen LogP contribution in [0.2, 0.25) is 0 Å². The molecule has 0 bridgehead atoms. The van der Waals surface area contributed by atoms with Crippen molar-refractivity contribution in [3.05, 3.63) is 71.0 Å². The molecular formula is C26H28FN3O5. The smallest absolute Gasteiger partial charge is 0.305 e. The first kappa shape index (κ1) is 24.4. The first-order chi connectivity index (χ1) is 16.7. The first-order valence-electron chi connectivity index (χ1n) is 11.7. The Morgan fingerprint density at radius 2 is 1.74 bits per heavy atom. The molecule has 8 nitrogen and oxygen atoms in total. The van der Waals surface area contributed by atoms with Gasteiger partial charge in [0.05, 0.1) is 12.5 Å². The number of nitrogens with zero attached hydrogens (tertiary/aromatic N) is 2. The van der Waals surface area contributed by atoms with E-state index in [9.17, 15) is 28.7 Å². The number of benzene rings is 2. The van der Waals surface area contributed by atoms with E-state index in [2.05, 4.69) is 5.32 Å². The van der Waals surface area contributed by atoms with Gasteiger partial charge in [0.2, 0.25) is 5.91 Å². The summed E-state index contributed by atoms with van der Waals surface area (Å²) in [6.07, 6.45) is 0.382. The number of halogens is 1. The minimum Gasteiger partial charge on any atom is -0.481 e. The highest BCUT2D eigenvalue weighted by Gasteiger charge is 2.45. The molecule has 1 heterocycles. The lowest BCUT2D eigenvalue weighted by molar-refractivity contribution is -0.151. The van der Waals surface area contributed by atoms with Gasteiger partial charge in [0, 0.05) is 24.6 Å². The van der Waals surface area contributed by atoms with Crippen molar-refractivity contribution >= 4 is 23.7 Å². The van der Waals surface area contributed by atoms with Crippen LogP contribution in [0.1, 0.15) is 53.2 Å². The minimum absolute atomic E-state index is 0.169. The van der Waals surface area contributed by atoms with E-state index in [1.165, 1.54) is 34.1 Å². The van der Waals surface area contributed by atoms with Crippen molar-refractivity contribution in [1.29, 1.82) is 0 Å². The predicted octanol–water partition coefficient (Wildman–Crippen LogP) is 2.88. The lowest BCUT2D eigenvalue weighted by Gasteiger charge is -2.43. The molecular weight excluding hydrogens is 453 g/mol. The fraction of sp³-hybridized carbons (Fsp3) is 0.385. The van der Waals surface area contributed by atoms with Crippen LogP contribution in [-0.4, -0.2) is 57.9 Å². The number of carboxylic acid groups (broad SMARTS) is 1. The third kappa shape index (κ3) is 5.67. The average molecular weight is 482 g/mol. The summed E-state index contributed by atoms with van der Waals surface area (Å²) in [6.45, 7) is 2.41. The second kappa shape index (κ2) is 10.2. The molecule has 2 unspecified atom stereocenters. The maximum Gasteiger partial charge on any atom is 0.305 e. The molecule has 3 amide bonds. The molecule has 2 aromatic carbocycles. The van der Waals surface area contributed by atoms with Crippen LogP contribution in [0.3, 0.4) is 0 Å². The van der Waals surface area contributed by atoms with Gasteiger partial charge in [-0.25, -0.2) is 4.39 Å². The minimum atomic E-state index is -1.23. The Bertz CT molecular complexity index is 1130. The van der Waals surface area contributed by atoms with Gasteiger partial charge in [0.1, 0.15) is 5.82 Å². The van der Waals surface area contributed by atoms with Crippen LogP contribution >= 0.6 is 0 Å². The quantitative estimate of drug-likeness (QED) is 0.633. The average Bonchev–Trinajstić information content (AvgIpc) is 3.68. The molecule has 0 radical (unpaired) electrons. The van der Waals surface area contributed by atoms with Crippen molar-refractivity contribution < 1.29 is 28.7 Å². The summed E-state index contributed by atoms with van der Waals surface area (Å²) in [6, 6.07) is 11.3. The van der Waals surface area contributed by atoms with Crippen LogP contribution in [0.5, 0.6) is 0 Å². The van der Waals surface area contributed by atoms with Crippen molar-refractivity contribution in [2.75, 3.05) is 13.1 Å². The Morgan fingerprint density at radius 1 is 1.06 bits per heavy atom. The fourth-order valence-corrected chi connectivity index (χ4v) is 4.43. The molecule has 0 aromatic heterocycles. The molecule has 1 saturated heterocycles. The zero-order valence-corrected chi connectivity index (χ0v) is 19.4. The number of aryl methyl sites for hydroxylation is 1. The van der Waals surface area contributed by atoms with E-state index in [0.717, 1.165) is 18.4 Å². The van der Waals surface area contributed by atoms with Crippen molar-refractivity contribution in [3.63, 3.8) is 0 Å². The summed E-state index contributed by atoms with van der Waals surface area (Å²) in [4.78, 5) is 54.4. The molecule has 2 N–H and O–H groups in total. The molecule has 2 aliphatic rings. The molecule has 35 heavy (non-hydrogen) atoms. The van der Waals surface area contributed by atoms with Crippen LogP contribution < -0.4 is 5.32 Å². The number of carbonyl (C=O) groups excluding carboxylic acids is 3. The lowest BCUT2D eigenvalue weighted by Crippen LogP contribution is -2.64. The van der Waals surface area contributed by atoms with Gasteiger partial charge in [0.15, 0.2) is 6.17 Å². The van der Waals surface area contributed by atoms with Gasteiger partial charge >= 0.3 is 5.97 Å². The van der Waals surface area contributed by atoms with Crippen LogP contribution in [0.4, 0.5) is 4.39 Å². The topological polar surface area (TPSA) is 107 Å². The molecule has 4 rings (SSSR count). The molecule has 184 valence electrons. The van der Waals surface area contributed by atoms with E-state index >= 15 is 0 Å². The zero-order chi connectivity index (χ0) is 25.1. The van der Waals surface area contributed by atoms with E-state index in [4.69, 9.17) is 0 Å². The Kier molecular flexibility index (Phi) is 7.14. The van der Waals surface area contributed by atoms with Gasteiger partial charge in [-0.2, -0.15) is 0 Å². The van der Waals surface area contributed by atoms with Crippen molar-refractivity contribution in [2.24, 2.45) is 5.92 Å².